The van der Waals surface area contributed by atoms with E-state index < -0.39 is 17.2 Å². The lowest BCUT2D eigenvalue weighted by Gasteiger charge is -2.17. The summed E-state index contributed by atoms with van der Waals surface area (Å²) in [4.78, 5) is 36.9. The highest BCUT2D eigenvalue weighted by Crippen LogP contribution is 2.54. The fourth-order valence-corrected chi connectivity index (χ4v) is 4.06. The number of rotatable bonds is 6. The normalized spacial score (nSPS) is 25.0. The molecule has 1 aromatic heterocycles. The largest absolute Gasteiger partial charge is 0.399 e. The average molecular weight is 343 g/mol. The molecule has 1 aromatic rings. The smallest absolute Gasteiger partial charge is 0.293 e. The minimum Gasteiger partial charge on any atom is -0.399 e. The molecule has 2 heterocycles. The number of ketones is 1. The molecule has 8 heteroatoms. The van der Waals surface area contributed by atoms with Crippen LogP contribution in [0.1, 0.15) is 57.4 Å². The van der Waals surface area contributed by atoms with Gasteiger partial charge in [-0.15, -0.1) is 0 Å². The number of aldehydes is 1. The van der Waals surface area contributed by atoms with Crippen LogP contribution in [0.2, 0.25) is 0 Å². The molecular formula is C17H21N5O3. The Morgan fingerprint density at radius 3 is 2.68 bits per heavy atom. The van der Waals surface area contributed by atoms with Crippen molar-refractivity contribution in [1.29, 1.82) is 0 Å². The van der Waals surface area contributed by atoms with Crippen molar-refractivity contribution in [2.75, 3.05) is 0 Å². The summed E-state index contributed by atoms with van der Waals surface area (Å²) in [7, 11) is 0. The van der Waals surface area contributed by atoms with Gasteiger partial charge in [0.15, 0.2) is 6.29 Å². The van der Waals surface area contributed by atoms with Crippen molar-refractivity contribution in [1.82, 2.24) is 15.3 Å². The zero-order chi connectivity index (χ0) is 17.9. The summed E-state index contributed by atoms with van der Waals surface area (Å²) in [6.45, 7) is 1.73. The van der Waals surface area contributed by atoms with Crippen LogP contribution in [-0.4, -0.2) is 28.1 Å². The first-order chi connectivity index (χ1) is 11.9. The molecule has 0 spiro atoms. The van der Waals surface area contributed by atoms with Gasteiger partial charge in [-0.2, -0.15) is 0 Å². The quantitative estimate of drug-likeness (QED) is 0.186. The third kappa shape index (κ3) is 2.21. The van der Waals surface area contributed by atoms with Crippen LogP contribution in [0, 0.1) is 12.8 Å². The van der Waals surface area contributed by atoms with E-state index in [2.05, 4.69) is 10.7 Å². The van der Waals surface area contributed by atoms with Crippen LogP contribution in [0.4, 0.5) is 0 Å². The number of hydrazine groups is 1. The predicted molar refractivity (Wildman–Crippen MR) is 89.4 cm³/mol. The number of hydrogen-bond acceptors (Lipinski definition) is 6. The van der Waals surface area contributed by atoms with E-state index in [1.54, 1.807) is 6.92 Å². The van der Waals surface area contributed by atoms with Gasteiger partial charge in [0.2, 0.25) is 0 Å². The van der Waals surface area contributed by atoms with Crippen molar-refractivity contribution in [3.8, 4) is 0 Å². The second kappa shape index (κ2) is 5.19. The monoisotopic (exact) mass is 343 g/mol. The number of nitrogens with one attached hydrogen (secondary N) is 2. The summed E-state index contributed by atoms with van der Waals surface area (Å²) >= 11 is 0. The van der Waals surface area contributed by atoms with Crippen LogP contribution in [0.25, 0.3) is 0 Å². The first kappa shape index (κ1) is 15.9. The van der Waals surface area contributed by atoms with Crippen LogP contribution in [0.15, 0.2) is 11.9 Å². The van der Waals surface area contributed by atoms with Crippen LogP contribution < -0.4 is 22.3 Å². The van der Waals surface area contributed by atoms with Crippen LogP contribution in [0.5, 0.6) is 0 Å². The zero-order valence-electron chi connectivity index (χ0n) is 14.0. The molecule has 2 aliphatic carbocycles. The van der Waals surface area contributed by atoms with Gasteiger partial charge < -0.3 is 21.0 Å². The molecule has 3 aliphatic rings. The number of hydrogen-bond donors (Lipinski definition) is 4. The number of nitrogens with two attached hydrogens (primary N) is 2. The standard InChI is InChI=1S/C17H21N5O3/c1-8-12(7-23)22-10-4-9(10)5-11(22)14(8)15(24)16(25)21-17(2-3-17)13(18)6-20-19/h6-7,9-10,20H,2-5,18-19H2,1H3,(H,21,25)/b13-6-. The highest BCUT2D eigenvalue weighted by molar-refractivity contribution is 6.43. The van der Waals surface area contributed by atoms with Gasteiger partial charge in [-0.3, -0.25) is 20.2 Å². The lowest BCUT2D eigenvalue weighted by atomic mass is 10.0. The molecule has 6 N–H and O–H groups in total. The molecule has 25 heavy (non-hydrogen) atoms. The Morgan fingerprint density at radius 2 is 2.08 bits per heavy atom. The molecule has 2 fully saturated rings. The van der Waals surface area contributed by atoms with Gasteiger partial charge in [0.1, 0.15) is 0 Å². The second-order valence-electron chi connectivity index (χ2n) is 7.22. The third-order valence-corrected chi connectivity index (χ3v) is 5.71. The summed E-state index contributed by atoms with van der Waals surface area (Å²) < 4.78 is 1.95. The number of amides is 1. The summed E-state index contributed by atoms with van der Waals surface area (Å²) in [5, 5.41) is 2.74. The molecule has 4 rings (SSSR count). The molecule has 2 saturated carbocycles. The van der Waals surface area contributed by atoms with Crippen molar-refractivity contribution in [3.05, 3.63) is 34.4 Å². The van der Waals surface area contributed by atoms with Gasteiger partial charge in [0.05, 0.1) is 22.5 Å². The highest BCUT2D eigenvalue weighted by Gasteiger charge is 2.51. The third-order valence-electron chi connectivity index (χ3n) is 5.71. The molecule has 8 nitrogen and oxygen atoms in total. The van der Waals surface area contributed by atoms with E-state index >= 15 is 0 Å². The Bertz CT molecular complexity index is 834. The molecule has 1 aliphatic heterocycles. The maximum atomic E-state index is 12.8. The number of carbonyl (C=O) groups excluding carboxylic acids is 3. The maximum absolute atomic E-state index is 12.8. The molecule has 0 saturated heterocycles. The molecular weight excluding hydrogens is 322 g/mol. The fourth-order valence-electron chi connectivity index (χ4n) is 4.06. The van der Waals surface area contributed by atoms with E-state index in [1.165, 1.54) is 6.20 Å². The van der Waals surface area contributed by atoms with Crippen LogP contribution in [0.3, 0.4) is 0 Å². The van der Waals surface area contributed by atoms with Crippen molar-refractivity contribution in [2.45, 2.75) is 44.2 Å². The summed E-state index contributed by atoms with van der Waals surface area (Å²) in [5.41, 5.74) is 10.3. The van der Waals surface area contributed by atoms with Crippen molar-refractivity contribution >= 4 is 18.0 Å². The number of carbonyl (C=O) groups is 3. The maximum Gasteiger partial charge on any atom is 0.293 e. The number of aromatic nitrogens is 1. The van der Waals surface area contributed by atoms with Gasteiger partial charge >= 0.3 is 0 Å². The first-order valence-corrected chi connectivity index (χ1v) is 8.41. The molecule has 1 amide bonds. The molecule has 0 radical (unpaired) electrons. The minimum absolute atomic E-state index is 0.308. The van der Waals surface area contributed by atoms with E-state index in [0.29, 0.717) is 47.3 Å². The van der Waals surface area contributed by atoms with E-state index in [-0.39, 0.29) is 0 Å². The summed E-state index contributed by atoms with van der Waals surface area (Å²) in [6.07, 6.45) is 5.30. The van der Waals surface area contributed by atoms with Gasteiger partial charge in [-0.1, -0.05) is 0 Å². The molecule has 132 valence electrons. The Labute approximate surface area is 144 Å². The zero-order valence-corrected chi connectivity index (χ0v) is 14.0. The second-order valence-corrected chi connectivity index (χ2v) is 7.22. The summed E-state index contributed by atoms with van der Waals surface area (Å²) in [5.74, 6) is 4.43. The van der Waals surface area contributed by atoms with E-state index in [0.717, 1.165) is 24.8 Å². The van der Waals surface area contributed by atoms with Crippen molar-refractivity contribution < 1.29 is 14.4 Å². The van der Waals surface area contributed by atoms with Crippen LogP contribution in [-0.2, 0) is 11.2 Å². The van der Waals surface area contributed by atoms with E-state index in [4.69, 9.17) is 11.6 Å². The molecule has 2 unspecified atom stereocenters. The minimum atomic E-state index is -0.703. The Balaban J connectivity index is 1.62. The molecule has 2 atom stereocenters. The van der Waals surface area contributed by atoms with E-state index in [9.17, 15) is 14.4 Å². The van der Waals surface area contributed by atoms with Crippen molar-refractivity contribution in [3.63, 3.8) is 0 Å². The van der Waals surface area contributed by atoms with Gasteiger partial charge in [-0.25, -0.2) is 0 Å². The summed E-state index contributed by atoms with van der Waals surface area (Å²) in [6, 6.07) is 0.308. The van der Waals surface area contributed by atoms with Crippen LogP contribution >= 0.6 is 0 Å². The lowest BCUT2D eigenvalue weighted by Crippen LogP contribution is -2.45. The van der Waals surface area contributed by atoms with E-state index in [1.807, 2.05) is 4.57 Å². The Kier molecular flexibility index (Phi) is 3.30. The van der Waals surface area contributed by atoms with Gasteiger partial charge in [0.25, 0.3) is 11.7 Å². The first-order valence-electron chi connectivity index (χ1n) is 8.41. The lowest BCUT2D eigenvalue weighted by molar-refractivity contribution is -0.117. The topological polar surface area (TPSA) is 132 Å². The fraction of sp³-hybridized carbons (Fsp3) is 0.471. The van der Waals surface area contributed by atoms with Gasteiger partial charge in [0, 0.05) is 17.9 Å². The number of fused-ring (bicyclic) bond motifs is 3. The average Bonchev–Trinajstić information content (AvgIpc) is 3.47. The Hall–Kier alpha value is -2.61. The Morgan fingerprint density at radius 1 is 1.36 bits per heavy atom. The highest BCUT2D eigenvalue weighted by atomic mass is 16.2. The number of Topliss-reactive ketones (excluding diaryl/α,β-unsaturated/α-hetero) is 1. The predicted octanol–water partition coefficient (Wildman–Crippen LogP) is -0.179. The molecule has 0 aromatic carbocycles. The number of nitrogens with zero attached hydrogens (tertiary/aromatic N) is 1. The van der Waals surface area contributed by atoms with Gasteiger partial charge in [-0.05, 0) is 44.1 Å². The van der Waals surface area contributed by atoms with Crippen molar-refractivity contribution in [2.24, 2.45) is 17.5 Å². The SMILES string of the molecule is Cc1c(C(=O)C(=O)NC2(/C(N)=C/NN)CC2)c2n(c1C=O)C1CC1C2. The molecule has 0 bridgehead atoms.